The molecule has 0 radical (unpaired) electrons. The van der Waals surface area contributed by atoms with Crippen molar-refractivity contribution in [2.24, 2.45) is 0 Å². The van der Waals surface area contributed by atoms with Crippen LogP contribution in [0.25, 0.3) is 0 Å². The van der Waals surface area contributed by atoms with E-state index < -0.39 is 0 Å². The van der Waals surface area contributed by atoms with Gasteiger partial charge in [-0.1, -0.05) is 6.08 Å². The summed E-state index contributed by atoms with van der Waals surface area (Å²) in [7, 11) is 6.04. The number of nitrogens with zero attached hydrogens (tertiary/aromatic N) is 1. The van der Waals surface area contributed by atoms with Crippen LogP contribution in [-0.2, 0) is 0 Å². The number of rotatable bonds is 4. The predicted octanol–water partition coefficient (Wildman–Crippen LogP) is 0.322. The van der Waals surface area contributed by atoms with Gasteiger partial charge in [0.2, 0.25) is 0 Å². The number of hydrogen-bond acceptors (Lipinski definition) is 2. The normalized spacial score (nSPS) is 13.8. The van der Waals surface area contributed by atoms with E-state index >= 15 is 0 Å². The highest BCUT2D eigenvalue weighted by atomic mass is 15.1. The molecule has 0 spiro atoms. The van der Waals surface area contributed by atoms with E-state index in [1.165, 1.54) is 0 Å². The molecule has 1 N–H and O–H groups in total. The second kappa shape index (κ2) is 4.53. The lowest BCUT2D eigenvalue weighted by Gasteiger charge is -2.16. The summed E-state index contributed by atoms with van der Waals surface area (Å²) in [5, 5.41) is 3.12. The number of likely N-dealkylation sites (N-methyl/N-ethyl adjacent to an activating group) is 2. The maximum Gasteiger partial charge on any atom is 0.0373 e. The molecule has 0 aliphatic heterocycles. The van der Waals surface area contributed by atoms with Crippen molar-refractivity contribution in [3.8, 4) is 0 Å². The van der Waals surface area contributed by atoms with Gasteiger partial charge in [-0.25, -0.2) is 0 Å². The van der Waals surface area contributed by atoms with Gasteiger partial charge in [0.15, 0.2) is 0 Å². The van der Waals surface area contributed by atoms with Gasteiger partial charge in [-0.2, -0.15) is 0 Å². The molecule has 0 aromatic carbocycles. The molecule has 0 bridgehead atoms. The average molecular weight is 128 g/mol. The highest BCUT2D eigenvalue weighted by molar-refractivity contribution is 4.85. The van der Waals surface area contributed by atoms with Crippen LogP contribution < -0.4 is 5.32 Å². The zero-order valence-electron chi connectivity index (χ0n) is 6.52. The summed E-state index contributed by atoms with van der Waals surface area (Å²) in [5.74, 6) is 0. The molecule has 0 aliphatic rings. The third-order valence-electron chi connectivity index (χ3n) is 1.22. The first kappa shape index (κ1) is 8.66. The molecule has 2 nitrogen and oxygen atoms in total. The molecule has 0 aromatic rings. The first-order valence-electron chi connectivity index (χ1n) is 3.15. The minimum absolute atomic E-state index is 0.417. The molecule has 1 atom stereocenters. The van der Waals surface area contributed by atoms with Gasteiger partial charge >= 0.3 is 0 Å². The minimum atomic E-state index is 0.417. The Kier molecular flexibility index (Phi) is 4.36. The molecule has 0 heterocycles. The molecule has 0 unspecified atom stereocenters. The summed E-state index contributed by atoms with van der Waals surface area (Å²) in [4.78, 5) is 2.13. The first-order chi connectivity index (χ1) is 4.20. The van der Waals surface area contributed by atoms with Crippen LogP contribution >= 0.6 is 0 Å². The molecule has 0 saturated carbocycles. The van der Waals surface area contributed by atoms with E-state index in [2.05, 4.69) is 16.8 Å². The molecular formula is C7H16N2. The molecule has 0 aliphatic carbocycles. The Hall–Kier alpha value is -0.340. The van der Waals surface area contributed by atoms with Crippen LogP contribution in [0.15, 0.2) is 12.7 Å². The Morgan fingerprint density at radius 2 is 2.22 bits per heavy atom. The molecule has 0 rings (SSSR count). The molecule has 54 valence electrons. The van der Waals surface area contributed by atoms with Crippen molar-refractivity contribution >= 4 is 0 Å². The smallest absolute Gasteiger partial charge is 0.0373 e. The van der Waals surface area contributed by atoms with Gasteiger partial charge in [0.1, 0.15) is 0 Å². The van der Waals surface area contributed by atoms with E-state index in [1.807, 2.05) is 27.2 Å². The van der Waals surface area contributed by atoms with Crippen molar-refractivity contribution in [1.29, 1.82) is 0 Å². The second-order valence-electron chi connectivity index (χ2n) is 2.39. The van der Waals surface area contributed by atoms with Gasteiger partial charge in [-0.05, 0) is 21.1 Å². The van der Waals surface area contributed by atoms with E-state index in [9.17, 15) is 0 Å². The molecule has 9 heavy (non-hydrogen) atoms. The van der Waals surface area contributed by atoms with E-state index in [4.69, 9.17) is 0 Å². The Morgan fingerprint density at radius 3 is 2.33 bits per heavy atom. The maximum atomic E-state index is 3.70. The van der Waals surface area contributed by atoms with E-state index in [0.717, 1.165) is 6.54 Å². The fraction of sp³-hybridized carbons (Fsp3) is 0.714. The summed E-state index contributed by atoms with van der Waals surface area (Å²) in [5.41, 5.74) is 0. The Balaban J connectivity index is 3.42. The largest absolute Gasteiger partial charge is 0.312 e. The summed E-state index contributed by atoms with van der Waals surface area (Å²) >= 11 is 0. The van der Waals surface area contributed by atoms with Crippen LogP contribution in [0.2, 0.25) is 0 Å². The molecule has 0 fully saturated rings. The van der Waals surface area contributed by atoms with Crippen LogP contribution in [0.3, 0.4) is 0 Å². The second-order valence-corrected chi connectivity index (χ2v) is 2.39. The Morgan fingerprint density at radius 1 is 1.67 bits per heavy atom. The quantitative estimate of drug-likeness (QED) is 0.549. The highest BCUT2D eigenvalue weighted by Crippen LogP contribution is 1.84. The Bertz CT molecular complexity index is 79.0. The lowest BCUT2D eigenvalue weighted by Crippen LogP contribution is -2.33. The third kappa shape index (κ3) is 4.18. The molecule has 2 heteroatoms. The monoisotopic (exact) mass is 128 g/mol. The summed E-state index contributed by atoms with van der Waals surface area (Å²) in [6.45, 7) is 4.71. The average Bonchev–Trinajstić information content (AvgIpc) is 1.82. The SMILES string of the molecule is C=C[C@H](CN(C)C)NC. The van der Waals surface area contributed by atoms with E-state index in [-0.39, 0.29) is 0 Å². The molecule has 0 amide bonds. The standard InChI is InChI=1S/C7H16N2/c1-5-7(8-2)6-9(3)4/h5,7-8H,1,6H2,2-4H3/t7-/m1/s1. The van der Waals surface area contributed by atoms with Gasteiger partial charge in [-0.15, -0.1) is 6.58 Å². The maximum absolute atomic E-state index is 3.70. The van der Waals surface area contributed by atoms with Gasteiger partial charge in [-0.3, -0.25) is 0 Å². The van der Waals surface area contributed by atoms with Gasteiger partial charge < -0.3 is 10.2 Å². The predicted molar refractivity (Wildman–Crippen MR) is 41.6 cm³/mol. The van der Waals surface area contributed by atoms with Crippen molar-refractivity contribution in [3.05, 3.63) is 12.7 Å². The number of nitrogens with one attached hydrogen (secondary N) is 1. The van der Waals surface area contributed by atoms with Gasteiger partial charge in [0, 0.05) is 12.6 Å². The minimum Gasteiger partial charge on any atom is -0.312 e. The lowest BCUT2D eigenvalue weighted by molar-refractivity contribution is 0.376. The Labute approximate surface area is 57.5 Å². The molecular weight excluding hydrogens is 112 g/mol. The van der Waals surface area contributed by atoms with Crippen LogP contribution in [0, 0.1) is 0 Å². The van der Waals surface area contributed by atoms with Crippen molar-refractivity contribution in [1.82, 2.24) is 10.2 Å². The van der Waals surface area contributed by atoms with Crippen molar-refractivity contribution in [2.45, 2.75) is 6.04 Å². The topological polar surface area (TPSA) is 15.3 Å². The first-order valence-corrected chi connectivity index (χ1v) is 3.15. The summed E-state index contributed by atoms with van der Waals surface area (Å²) < 4.78 is 0. The van der Waals surface area contributed by atoms with Crippen molar-refractivity contribution in [2.75, 3.05) is 27.7 Å². The fourth-order valence-electron chi connectivity index (χ4n) is 0.677. The van der Waals surface area contributed by atoms with Crippen LogP contribution in [-0.4, -0.2) is 38.6 Å². The van der Waals surface area contributed by atoms with E-state index in [0.29, 0.717) is 6.04 Å². The highest BCUT2D eigenvalue weighted by Gasteiger charge is 1.99. The molecule has 0 aromatic heterocycles. The molecule has 0 saturated heterocycles. The van der Waals surface area contributed by atoms with Gasteiger partial charge in [0.25, 0.3) is 0 Å². The van der Waals surface area contributed by atoms with Crippen LogP contribution in [0.1, 0.15) is 0 Å². The number of hydrogen-bond donors (Lipinski definition) is 1. The van der Waals surface area contributed by atoms with Crippen LogP contribution in [0.4, 0.5) is 0 Å². The summed E-state index contributed by atoms with van der Waals surface area (Å²) in [6, 6.07) is 0.417. The third-order valence-corrected chi connectivity index (χ3v) is 1.22. The lowest BCUT2D eigenvalue weighted by atomic mass is 10.3. The van der Waals surface area contributed by atoms with Crippen LogP contribution in [0.5, 0.6) is 0 Å². The fourth-order valence-corrected chi connectivity index (χ4v) is 0.677. The zero-order chi connectivity index (χ0) is 7.28. The van der Waals surface area contributed by atoms with Crippen molar-refractivity contribution < 1.29 is 0 Å². The van der Waals surface area contributed by atoms with Gasteiger partial charge in [0.05, 0.1) is 0 Å². The van der Waals surface area contributed by atoms with E-state index in [1.54, 1.807) is 0 Å². The zero-order valence-corrected chi connectivity index (χ0v) is 6.52. The summed E-state index contributed by atoms with van der Waals surface area (Å²) in [6.07, 6.45) is 1.92. The van der Waals surface area contributed by atoms with Crippen molar-refractivity contribution in [3.63, 3.8) is 0 Å².